The Morgan fingerprint density at radius 3 is 2.70 bits per heavy atom. The van der Waals surface area contributed by atoms with Crippen LogP contribution in [0.4, 0.5) is 9.93 Å². The Balaban J connectivity index is 2.24. The van der Waals surface area contributed by atoms with E-state index in [1.807, 2.05) is 0 Å². The maximum atomic E-state index is 11.7. The molecule has 1 amide bonds. The summed E-state index contributed by atoms with van der Waals surface area (Å²) < 4.78 is 5.88. The molecule has 20 heavy (non-hydrogen) atoms. The number of nitrogens with one attached hydrogen (secondary N) is 1. The zero-order chi connectivity index (χ0) is 14.9. The fraction of sp³-hybridized carbons (Fsp3) is 0.333. The van der Waals surface area contributed by atoms with E-state index in [9.17, 15) is 14.8 Å². The molecule has 0 saturated carbocycles. The van der Waals surface area contributed by atoms with Gasteiger partial charge in [0.1, 0.15) is 5.60 Å². The van der Waals surface area contributed by atoms with Crippen molar-refractivity contribution < 1.29 is 19.6 Å². The van der Waals surface area contributed by atoms with Crippen molar-refractivity contribution in [3.05, 3.63) is 18.2 Å². The SMILES string of the molecule is CC(C)(C)OC(=O)Nc1nc2c(B(O)O)cccc2s1. The van der Waals surface area contributed by atoms with Gasteiger partial charge in [-0.15, -0.1) is 0 Å². The quantitative estimate of drug-likeness (QED) is 0.727. The van der Waals surface area contributed by atoms with Gasteiger partial charge in [0.2, 0.25) is 0 Å². The van der Waals surface area contributed by atoms with Gasteiger partial charge in [0.15, 0.2) is 5.13 Å². The molecule has 8 heteroatoms. The maximum absolute atomic E-state index is 11.7. The Morgan fingerprint density at radius 2 is 2.10 bits per heavy atom. The molecule has 106 valence electrons. The number of nitrogens with zero attached hydrogens (tertiary/aromatic N) is 1. The molecule has 0 fully saturated rings. The van der Waals surface area contributed by atoms with Gasteiger partial charge in [-0.2, -0.15) is 0 Å². The highest BCUT2D eigenvalue weighted by atomic mass is 32.1. The molecule has 0 aliphatic carbocycles. The van der Waals surface area contributed by atoms with Gasteiger partial charge >= 0.3 is 13.2 Å². The molecule has 0 radical (unpaired) electrons. The van der Waals surface area contributed by atoms with E-state index in [1.54, 1.807) is 39.0 Å². The van der Waals surface area contributed by atoms with E-state index >= 15 is 0 Å². The lowest BCUT2D eigenvalue weighted by Gasteiger charge is -2.18. The average Bonchev–Trinajstić information content (AvgIpc) is 2.67. The summed E-state index contributed by atoms with van der Waals surface area (Å²) in [4.78, 5) is 15.8. The monoisotopic (exact) mass is 294 g/mol. The number of thiazole rings is 1. The second-order valence-corrected chi connectivity index (χ2v) is 6.24. The van der Waals surface area contributed by atoms with Crippen molar-refractivity contribution in [3.8, 4) is 0 Å². The molecule has 0 atom stereocenters. The lowest BCUT2D eigenvalue weighted by atomic mass is 9.80. The third-order valence-corrected chi connectivity index (χ3v) is 3.27. The van der Waals surface area contributed by atoms with Crippen LogP contribution in [-0.4, -0.2) is 33.8 Å². The van der Waals surface area contributed by atoms with E-state index in [0.717, 1.165) is 4.70 Å². The van der Waals surface area contributed by atoms with Crippen molar-refractivity contribution in [2.24, 2.45) is 0 Å². The van der Waals surface area contributed by atoms with Gasteiger partial charge in [-0.25, -0.2) is 9.78 Å². The second kappa shape index (κ2) is 5.39. The van der Waals surface area contributed by atoms with Crippen molar-refractivity contribution >= 4 is 45.4 Å². The number of anilines is 1. The number of rotatable bonds is 2. The molecule has 0 aliphatic heterocycles. The maximum Gasteiger partial charge on any atom is 0.490 e. The zero-order valence-corrected chi connectivity index (χ0v) is 12.2. The molecular weight excluding hydrogens is 279 g/mol. The van der Waals surface area contributed by atoms with Crippen LogP contribution in [0, 0.1) is 0 Å². The standard InChI is InChI=1S/C12H15BN2O4S/c1-12(2,3)19-11(16)15-10-14-9-7(13(17)18)5-4-6-8(9)20-10/h4-6,17-18H,1-3H3,(H,14,15,16). The van der Waals surface area contributed by atoms with Gasteiger partial charge in [-0.05, 0) is 26.8 Å². The van der Waals surface area contributed by atoms with Gasteiger partial charge in [-0.1, -0.05) is 23.5 Å². The molecule has 0 spiro atoms. The topological polar surface area (TPSA) is 91.7 Å². The van der Waals surface area contributed by atoms with Gasteiger partial charge in [-0.3, -0.25) is 5.32 Å². The van der Waals surface area contributed by atoms with Crippen LogP contribution in [0.5, 0.6) is 0 Å². The number of benzene rings is 1. The Morgan fingerprint density at radius 1 is 1.40 bits per heavy atom. The molecule has 1 heterocycles. The van der Waals surface area contributed by atoms with Crippen LogP contribution in [0.3, 0.4) is 0 Å². The molecule has 0 aliphatic rings. The highest BCUT2D eigenvalue weighted by Crippen LogP contribution is 2.25. The minimum atomic E-state index is -1.60. The van der Waals surface area contributed by atoms with Crippen molar-refractivity contribution in [1.29, 1.82) is 0 Å². The van der Waals surface area contributed by atoms with Crippen LogP contribution < -0.4 is 10.8 Å². The molecule has 2 aromatic rings. The third kappa shape index (κ3) is 3.47. The summed E-state index contributed by atoms with van der Waals surface area (Å²) in [6.45, 7) is 5.31. The number of carbonyl (C=O) groups excluding carboxylic acids is 1. The molecule has 3 N–H and O–H groups in total. The van der Waals surface area contributed by atoms with Gasteiger partial charge in [0, 0.05) is 5.46 Å². The smallest absolute Gasteiger partial charge is 0.444 e. The first-order valence-electron chi connectivity index (χ1n) is 6.02. The van der Waals surface area contributed by atoms with Gasteiger partial charge in [0.05, 0.1) is 10.2 Å². The van der Waals surface area contributed by atoms with Crippen LogP contribution in [0.25, 0.3) is 10.2 Å². The van der Waals surface area contributed by atoms with Crippen LogP contribution in [0.1, 0.15) is 20.8 Å². The summed E-state index contributed by atoms with van der Waals surface area (Å²) in [5.41, 5.74) is 0.169. The summed E-state index contributed by atoms with van der Waals surface area (Å²) >= 11 is 1.24. The predicted molar refractivity (Wildman–Crippen MR) is 79.3 cm³/mol. The summed E-state index contributed by atoms with van der Waals surface area (Å²) in [7, 11) is -1.60. The van der Waals surface area contributed by atoms with E-state index < -0.39 is 18.8 Å². The lowest BCUT2D eigenvalue weighted by Crippen LogP contribution is -2.30. The Labute approximate surface area is 120 Å². The van der Waals surface area contributed by atoms with E-state index in [0.29, 0.717) is 16.1 Å². The highest BCUT2D eigenvalue weighted by Gasteiger charge is 2.20. The number of amides is 1. The van der Waals surface area contributed by atoms with Crippen molar-refractivity contribution in [2.75, 3.05) is 5.32 Å². The highest BCUT2D eigenvalue weighted by molar-refractivity contribution is 7.22. The molecule has 0 unspecified atom stereocenters. The molecule has 1 aromatic carbocycles. The van der Waals surface area contributed by atoms with E-state index in [2.05, 4.69) is 10.3 Å². The number of hydrogen-bond donors (Lipinski definition) is 3. The summed E-state index contributed by atoms with van der Waals surface area (Å²) in [5, 5.41) is 21.4. The van der Waals surface area contributed by atoms with Crippen molar-refractivity contribution in [2.45, 2.75) is 26.4 Å². The van der Waals surface area contributed by atoms with Crippen LogP contribution in [0.2, 0.25) is 0 Å². The number of aromatic nitrogens is 1. The fourth-order valence-corrected chi connectivity index (χ4v) is 2.51. The third-order valence-electron chi connectivity index (χ3n) is 2.34. The number of para-hydroxylation sites is 1. The first-order chi connectivity index (χ1) is 9.26. The lowest BCUT2D eigenvalue weighted by molar-refractivity contribution is 0.0636. The number of carbonyl (C=O) groups is 1. The van der Waals surface area contributed by atoms with Gasteiger partial charge in [0.25, 0.3) is 0 Å². The minimum Gasteiger partial charge on any atom is -0.444 e. The molecule has 6 nitrogen and oxygen atoms in total. The molecular formula is C12H15BN2O4S. The second-order valence-electron chi connectivity index (χ2n) is 5.21. The Kier molecular flexibility index (Phi) is 3.98. The number of fused-ring (bicyclic) bond motifs is 1. The fourth-order valence-electron chi connectivity index (χ4n) is 1.62. The normalized spacial score (nSPS) is 11.4. The average molecular weight is 294 g/mol. The first kappa shape index (κ1) is 14.8. The zero-order valence-electron chi connectivity index (χ0n) is 11.4. The largest absolute Gasteiger partial charge is 0.490 e. The molecule has 0 saturated heterocycles. The van der Waals surface area contributed by atoms with Crippen LogP contribution in [0.15, 0.2) is 18.2 Å². The van der Waals surface area contributed by atoms with E-state index in [1.165, 1.54) is 11.3 Å². The summed E-state index contributed by atoms with van der Waals surface area (Å²) in [6, 6.07) is 5.07. The van der Waals surface area contributed by atoms with E-state index in [4.69, 9.17) is 4.74 Å². The van der Waals surface area contributed by atoms with Crippen LogP contribution >= 0.6 is 11.3 Å². The first-order valence-corrected chi connectivity index (χ1v) is 6.83. The number of ether oxygens (including phenoxy) is 1. The predicted octanol–water partition coefficient (Wildman–Crippen LogP) is 1.32. The van der Waals surface area contributed by atoms with Gasteiger partial charge < -0.3 is 14.8 Å². The minimum absolute atomic E-state index is 0.302. The Bertz CT molecular complexity index is 636. The van der Waals surface area contributed by atoms with Crippen molar-refractivity contribution in [3.63, 3.8) is 0 Å². The summed E-state index contributed by atoms with van der Waals surface area (Å²) in [5.74, 6) is 0. The molecule has 2 rings (SSSR count). The molecule has 1 aromatic heterocycles. The van der Waals surface area contributed by atoms with Crippen LogP contribution in [-0.2, 0) is 4.74 Å². The van der Waals surface area contributed by atoms with E-state index in [-0.39, 0.29) is 0 Å². The number of hydrogen-bond acceptors (Lipinski definition) is 6. The summed E-state index contributed by atoms with van der Waals surface area (Å²) in [6.07, 6.45) is -0.595. The Hall–Kier alpha value is -1.64. The van der Waals surface area contributed by atoms with Crippen molar-refractivity contribution in [1.82, 2.24) is 4.98 Å². The molecule has 0 bridgehead atoms.